The molecule has 0 bridgehead atoms. The molecule has 0 aromatic rings. The molecule has 0 spiro atoms. The van der Waals surface area contributed by atoms with Gasteiger partial charge in [0.1, 0.15) is 5.78 Å². The van der Waals surface area contributed by atoms with Crippen molar-refractivity contribution in [1.82, 2.24) is 4.90 Å². The lowest BCUT2D eigenvalue weighted by Crippen LogP contribution is -2.38. The van der Waals surface area contributed by atoms with Gasteiger partial charge in [-0.2, -0.15) is 0 Å². The Morgan fingerprint density at radius 3 is 2.64 bits per heavy atom. The van der Waals surface area contributed by atoms with E-state index in [2.05, 4.69) is 0 Å². The first-order valence-corrected chi connectivity index (χ1v) is 4.53. The summed E-state index contributed by atoms with van der Waals surface area (Å²) >= 11 is 0. The number of methoxy groups -OCH3 is 1. The molecule has 1 rings (SSSR count). The molecule has 80 valence electrons. The van der Waals surface area contributed by atoms with Gasteiger partial charge in [0.2, 0.25) is 0 Å². The Morgan fingerprint density at radius 1 is 1.57 bits per heavy atom. The Labute approximate surface area is 82.6 Å². The summed E-state index contributed by atoms with van der Waals surface area (Å²) in [4.78, 5) is 23.4. The van der Waals surface area contributed by atoms with E-state index in [1.165, 1.54) is 6.92 Å². The largest absolute Gasteiger partial charge is 0.480 e. The Kier molecular flexibility index (Phi) is 3.60. The summed E-state index contributed by atoms with van der Waals surface area (Å²) in [5.41, 5.74) is 0. The standard InChI is InChI=1S/C9H15NO4/c1-6(11)8-3-7(14-2)4-10(8)5-9(12)13/h7-8H,3-5H2,1-2H3,(H,12,13). The van der Waals surface area contributed by atoms with E-state index in [1.807, 2.05) is 0 Å². The molecule has 2 atom stereocenters. The zero-order chi connectivity index (χ0) is 10.7. The molecule has 0 aromatic carbocycles. The molecule has 0 saturated carbocycles. The number of hydrogen-bond acceptors (Lipinski definition) is 4. The van der Waals surface area contributed by atoms with Crippen LogP contribution in [-0.2, 0) is 14.3 Å². The lowest BCUT2D eigenvalue weighted by molar-refractivity contribution is -0.139. The van der Waals surface area contributed by atoms with E-state index in [4.69, 9.17) is 9.84 Å². The van der Waals surface area contributed by atoms with Crippen molar-refractivity contribution in [1.29, 1.82) is 0 Å². The molecular weight excluding hydrogens is 186 g/mol. The number of ketones is 1. The highest BCUT2D eigenvalue weighted by Crippen LogP contribution is 2.20. The number of rotatable bonds is 4. The normalized spacial score (nSPS) is 27.9. The van der Waals surface area contributed by atoms with Crippen molar-refractivity contribution in [2.24, 2.45) is 0 Å². The van der Waals surface area contributed by atoms with Crippen LogP contribution in [0.3, 0.4) is 0 Å². The lowest BCUT2D eigenvalue weighted by Gasteiger charge is -2.18. The molecule has 0 aromatic heterocycles. The number of hydrogen-bond donors (Lipinski definition) is 1. The van der Waals surface area contributed by atoms with Crippen LogP contribution in [0, 0.1) is 0 Å². The molecule has 5 heteroatoms. The van der Waals surface area contributed by atoms with Crippen molar-refractivity contribution in [3.8, 4) is 0 Å². The smallest absolute Gasteiger partial charge is 0.317 e. The van der Waals surface area contributed by atoms with Crippen LogP contribution in [0.15, 0.2) is 0 Å². The monoisotopic (exact) mass is 201 g/mol. The second-order valence-electron chi connectivity index (χ2n) is 3.54. The number of carbonyl (C=O) groups is 2. The van der Waals surface area contributed by atoms with E-state index in [0.29, 0.717) is 13.0 Å². The van der Waals surface area contributed by atoms with Gasteiger partial charge in [0, 0.05) is 13.7 Å². The molecule has 1 aliphatic heterocycles. The van der Waals surface area contributed by atoms with Crippen molar-refractivity contribution < 1.29 is 19.4 Å². The summed E-state index contributed by atoms with van der Waals surface area (Å²) < 4.78 is 5.12. The summed E-state index contributed by atoms with van der Waals surface area (Å²) in [5.74, 6) is -0.904. The minimum Gasteiger partial charge on any atom is -0.480 e. The zero-order valence-electron chi connectivity index (χ0n) is 8.40. The molecule has 0 amide bonds. The van der Waals surface area contributed by atoms with Crippen molar-refractivity contribution in [3.63, 3.8) is 0 Å². The third-order valence-electron chi connectivity index (χ3n) is 2.51. The van der Waals surface area contributed by atoms with Gasteiger partial charge in [-0.25, -0.2) is 0 Å². The first-order valence-electron chi connectivity index (χ1n) is 4.53. The number of carboxylic acid groups (broad SMARTS) is 1. The van der Waals surface area contributed by atoms with Crippen LogP contribution in [0.1, 0.15) is 13.3 Å². The number of Topliss-reactive ketones (excluding diaryl/α,β-unsaturated/α-hetero) is 1. The van der Waals surface area contributed by atoms with Crippen LogP contribution in [0.2, 0.25) is 0 Å². The topological polar surface area (TPSA) is 66.8 Å². The second-order valence-corrected chi connectivity index (χ2v) is 3.54. The maximum absolute atomic E-state index is 11.2. The quantitative estimate of drug-likeness (QED) is 0.679. The van der Waals surface area contributed by atoms with Gasteiger partial charge < -0.3 is 9.84 Å². The van der Waals surface area contributed by atoms with Crippen molar-refractivity contribution >= 4 is 11.8 Å². The van der Waals surface area contributed by atoms with Crippen LogP contribution in [0.25, 0.3) is 0 Å². The summed E-state index contributed by atoms with van der Waals surface area (Å²) in [6.07, 6.45) is 0.572. The highest BCUT2D eigenvalue weighted by Gasteiger charge is 2.35. The molecule has 14 heavy (non-hydrogen) atoms. The number of nitrogens with zero attached hydrogens (tertiary/aromatic N) is 1. The Balaban J connectivity index is 2.62. The molecule has 1 heterocycles. The lowest BCUT2D eigenvalue weighted by atomic mass is 10.1. The predicted molar refractivity (Wildman–Crippen MR) is 49.1 cm³/mol. The van der Waals surface area contributed by atoms with Crippen LogP contribution in [-0.4, -0.2) is 54.1 Å². The second kappa shape index (κ2) is 4.52. The minimum atomic E-state index is -0.909. The van der Waals surface area contributed by atoms with E-state index >= 15 is 0 Å². The van der Waals surface area contributed by atoms with Gasteiger partial charge in [0.05, 0.1) is 18.7 Å². The maximum Gasteiger partial charge on any atom is 0.317 e. The first kappa shape index (κ1) is 11.1. The van der Waals surface area contributed by atoms with Gasteiger partial charge in [0.25, 0.3) is 0 Å². The minimum absolute atomic E-state index is 0.00537. The fraction of sp³-hybridized carbons (Fsp3) is 0.778. The van der Waals surface area contributed by atoms with Gasteiger partial charge in [-0.05, 0) is 13.3 Å². The summed E-state index contributed by atoms with van der Waals surface area (Å²) in [7, 11) is 1.58. The summed E-state index contributed by atoms with van der Waals surface area (Å²) in [6.45, 7) is 1.91. The maximum atomic E-state index is 11.2. The Bertz CT molecular complexity index is 241. The van der Waals surface area contributed by atoms with Gasteiger partial charge >= 0.3 is 5.97 Å². The van der Waals surface area contributed by atoms with E-state index in [1.54, 1.807) is 12.0 Å². The molecular formula is C9H15NO4. The summed E-state index contributed by atoms with van der Waals surface area (Å²) in [6, 6.07) is -0.295. The van der Waals surface area contributed by atoms with Gasteiger partial charge in [-0.3, -0.25) is 14.5 Å². The highest BCUT2D eigenvalue weighted by atomic mass is 16.5. The molecule has 5 nitrogen and oxygen atoms in total. The number of aliphatic carboxylic acids is 1. The molecule has 2 unspecified atom stereocenters. The van der Waals surface area contributed by atoms with Gasteiger partial charge in [-0.15, -0.1) is 0 Å². The van der Waals surface area contributed by atoms with E-state index in [-0.39, 0.29) is 24.5 Å². The molecule has 0 aliphatic carbocycles. The van der Waals surface area contributed by atoms with Crippen LogP contribution in [0.5, 0.6) is 0 Å². The fourth-order valence-electron chi connectivity index (χ4n) is 1.80. The number of carbonyl (C=O) groups excluding carboxylic acids is 1. The number of ether oxygens (including phenoxy) is 1. The van der Waals surface area contributed by atoms with Gasteiger partial charge in [-0.1, -0.05) is 0 Å². The average molecular weight is 201 g/mol. The number of likely N-dealkylation sites (tertiary alicyclic amines) is 1. The molecule has 1 N–H and O–H groups in total. The molecule has 0 radical (unpaired) electrons. The molecule has 1 fully saturated rings. The molecule has 1 saturated heterocycles. The van der Waals surface area contributed by atoms with Crippen LogP contribution in [0.4, 0.5) is 0 Å². The van der Waals surface area contributed by atoms with Gasteiger partial charge in [0.15, 0.2) is 0 Å². The van der Waals surface area contributed by atoms with Crippen LogP contribution < -0.4 is 0 Å². The highest BCUT2D eigenvalue weighted by molar-refractivity contribution is 5.82. The summed E-state index contributed by atoms with van der Waals surface area (Å²) in [5, 5.41) is 8.64. The van der Waals surface area contributed by atoms with E-state index < -0.39 is 5.97 Å². The third kappa shape index (κ3) is 2.52. The predicted octanol–water partition coefficient (Wildman–Crippen LogP) is -0.251. The SMILES string of the molecule is COC1CC(C(C)=O)N(CC(=O)O)C1. The van der Waals surface area contributed by atoms with Crippen molar-refractivity contribution in [2.75, 3.05) is 20.2 Å². The van der Waals surface area contributed by atoms with Crippen molar-refractivity contribution in [3.05, 3.63) is 0 Å². The Morgan fingerprint density at radius 2 is 2.21 bits per heavy atom. The fourth-order valence-corrected chi connectivity index (χ4v) is 1.80. The molecule has 1 aliphatic rings. The zero-order valence-corrected chi connectivity index (χ0v) is 8.40. The van der Waals surface area contributed by atoms with E-state index in [9.17, 15) is 9.59 Å². The number of carboxylic acids is 1. The first-order chi connectivity index (χ1) is 6.54. The third-order valence-corrected chi connectivity index (χ3v) is 2.51. The Hall–Kier alpha value is -0.940. The van der Waals surface area contributed by atoms with Crippen molar-refractivity contribution in [2.45, 2.75) is 25.5 Å². The average Bonchev–Trinajstić information content (AvgIpc) is 2.46. The van der Waals surface area contributed by atoms with E-state index in [0.717, 1.165) is 0 Å². The van der Waals surface area contributed by atoms with Crippen LogP contribution >= 0.6 is 0 Å².